The standard InChI is InChI=1S/C16H19F3N2O2/c1-10-9-21(7-6-20-10)15(22)13-8-12(13)11-4-2-3-5-14(11)23-16(17,18)19/h2-5,10,12-13,20H,6-9H2,1H3/t10-,12-,13-/m1/s1. The number of nitrogens with zero attached hydrogens (tertiary/aromatic N) is 1. The van der Waals surface area contributed by atoms with Crippen LogP contribution in [0.5, 0.6) is 5.75 Å². The molecule has 23 heavy (non-hydrogen) atoms. The molecule has 4 nitrogen and oxygen atoms in total. The highest BCUT2D eigenvalue weighted by Gasteiger charge is 2.48. The SMILES string of the molecule is C[C@@H]1CN(C(=O)[C@@H]2C[C@@H]2c2ccccc2OC(F)(F)F)CCN1. The fourth-order valence-corrected chi connectivity index (χ4v) is 3.18. The van der Waals surface area contributed by atoms with E-state index in [-0.39, 0.29) is 29.5 Å². The van der Waals surface area contributed by atoms with Crippen molar-refractivity contribution in [3.63, 3.8) is 0 Å². The highest BCUT2D eigenvalue weighted by molar-refractivity contribution is 5.83. The number of hydrogen-bond donors (Lipinski definition) is 1. The van der Waals surface area contributed by atoms with E-state index in [1.54, 1.807) is 17.0 Å². The van der Waals surface area contributed by atoms with Crippen LogP contribution in [-0.2, 0) is 4.79 Å². The van der Waals surface area contributed by atoms with Crippen molar-refractivity contribution in [3.8, 4) is 5.75 Å². The smallest absolute Gasteiger partial charge is 0.405 e. The van der Waals surface area contributed by atoms with Gasteiger partial charge < -0.3 is 15.0 Å². The van der Waals surface area contributed by atoms with Crippen LogP contribution in [0.15, 0.2) is 24.3 Å². The van der Waals surface area contributed by atoms with Gasteiger partial charge in [-0.15, -0.1) is 13.2 Å². The molecular weight excluding hydrogens is 309 g/mol. The summed E-state index contributed by atoms with van der Waals surface area (Å²) in [5, 5.41) is 3.27. The summed E-state index contributed by atoms with van der Waals surface area (Å²) in [7, 11) is 0. The average molecular weight is 328 g/mol. The normalized spacial score (nSPS) is 27.7. The molecule has 1 saturated carbocycles. The maximum atomic E-state index is 12.5. The molecule has 1 aromatic rings. The monoisotopic (exact) mass is 328 g/mol. The molecule has 0 aromatic heterocycles. The summed E-state index contributed by atoms with van der Waals surface area (Å²) in [6.07, 6.45) is -4.14. The van der Waals surface area contributed by atoms with Gasteiger partial charge in [-0.3, -0.25) is 4.79 Å². The Balaban J connectivity index is 1.69. The lowest BCUT2D eigenvalue weighted by Gasteiger charge is -2.32. The molecule has 1 aliphatic carbocycles. The maximum absolute atomic E-state index is 12.5. The summed E-state index contributed by atoms with van der Waals surface area (Å²) in [5.41, 5.74) is 0.464. The Morgan fingerprint density at radius 2 is 2.09 bits per heavy atom. The van der Waals surface area contributed by atoms with Gasteiger partial charge in [0.15, 0.2) is 0 Å². The predicted octanol–water partition coefficient (Wildman–Crippen LogP) is 2.51. The van der Waals surface area contributed by atoms with Crippen LogP contribution in [0, 0.1) is 5.92 Å². The van der Waals surface area contributed by atoms with Crippen molar-refractivity contribution in [1.82, 2.24) is 10.2 Å². The number of amides is 1. The van der Waals surface area contributed by atoms with Crippen LogP contribution in [0.1, 0.15) is 24.8 Å². The number of ether oxygens (including phenoxy) is 1. The summed E-state index contributed by atoms with van der Waals surface area (Å²) >= 11 is 0. The maximum Gasteiger partial charge on any atom is 0.573 e. The van der Waals surface area contributed by atoms with E-state index in [0.717, 1.165) is 6.54 Å². The number of halogens is 3. The second-order valence-corrected chi connectivity index (χ2v) is 6.17. The molecule has 1 saturated heterocycles. The number of benzene rings is 1. The number of piperazine rings is 1. The second-order valence-electron chi connectivity index (χ2n) is 6.17. The highest BCUT2D eigenvalue weighted by atomic mass is 19.4. The van der Waals surface area contributed by atoms with Crippen molar-refractivity contribution in [2.24, 2.45) is 5.92 Å². The first kappa shape index (κ1) is 16.1. The van der Waals surface area contributed by atoms with E-state index < -0.39 is 6.36 Å². The minimum absolute atomic E-state index is 0.0326. The first-order valence-corrected chi connectivity index (χ1v) is 7.72. The van der Waals surface area contributed by atoms with E-state index in [4.69, 9.17) is 0 Å². The average Bonchev–Trinajstić information content (AvgIpc) is 3.25. The van der Waals surface area contributed by atoms with Gasteiger partial charge in [-0.1, -0.05) is 18.2 Å². The van der Waals surface area contributed by atoms with Gasteiger partial charge in [0.25, 0.3) is 0 Å². The van der Waals surface area contributed by atoms with E-state index in [0.29, 0.717) is 25.1 Å². The van der Waals surface area contributed by atoms with E-state index in [1.165, 1.54) is 12.1 Å². The Morgan fingerprint density at radius 1 is 1.35 bits per heavy atom. The number of hydrogen-bond acceptors (Lipinski definition) is 3. The van der Waals surface area contributed by atoms with Gasteiger partial charge in [0.2, 0.25) is 5.91 Å². The summed E-state index contributed by atoms with van der Waals surface area (Å²) < 4.78 is 41.6. The Hall–Kier alpha value is -1.76. The number of alkyl halides is 3. The number of para-hydroxylation sites is 1. The number of rotatable bonds is 3. The fourth-order valence-electron chi connectivity index (χ4n) is 3.18. The Labute approximate surface area is 132 Å². The van der Waals surface area contributed by atoms with Crippen molar-refractivity contribution < 1.29 is 22.7 Å². The summed E-state index contributed by atoms with van der Waals surface area (Å²) in [4.78, 5) is 14.3. The number of carbonyl (C=O) groups excluding carboxylic acids is 1. The van der Waals surface area contributed by atoms with Gasteiger partial charge in [-0.2, -0.15) is 0 Å². The van der Waals surface area contributed by atoms with Gasteiger partial charge in [0.1, 0.15) is 5.75 Å². The third kappa shape index (κ3) is 3.77. The third-order valence-corrected chi connectivity index (χ3v) is 4.33. The summed E-state index contributed by atoms with van der Waals surface area (Å²) in [5.74, 6) is -0.594. The molecule has 1 N–H and O–H groups in total. The fraction of sp³-hybridized carbons (Fsp3) is 0.562. The highest BCUT2D eigenvalue weighted by Crippen LogP contribution is 2.51. The minimum atomic E-state index is -4.72. The van der Waals surface area contributed by atoms with Gasteiger partial charge >= 0.3 is 6.36 Å². The van der Waals surface area contributed by atoms with Gasteiger partial charge in [0, 0.05) is 31.6 Å². The molecule has 0 radical (unpaired) electrons. The zero-order valence-electron chi connectivity index (χ0n) is 12.8. The van der Waals surface area contributed by atoms with Crippen LogP contribution >= 0.6 is 0 Å². The number of nitrogens with one attached hydrogen (secondary N) is 1. The van der Waals surface area contributed by atoms with E-state index in [9.17, 15) is 18.0 Å². The topological polar surface area (TPSA) is 41.6 Å². The van der Waals surface area contributed by atoms with E-state index in [2.05, 4.69) is 10.1 Å². The van der Waals surface area contributed by atoms with Gasteiger partial charge in [-0.05, 0) is 30.9 Å². The Kier molecular flexibility index (Phi) is 4.23. The molecule has 7 heteroatoms. The first-order chi connectivity index (χ1) is 10.8. The molecule has 0 bridgehead atoms. The van der Waals surface area contributed by atoms with Crippen molar-refractivity contribution in [1.29, 1.82) is 0 Å². The largest absolute Gasteiger partial charge is 0.573 e. The molecule has 3 atom stereocenters. The molecule has 1 heterocycles. The first-order valence-electron chi connectivity index (χ1n) is 7.72. The van der Waals surface area contributed by atoms with Crippen molar-refractivity contribution >= 4 is 5.91 Å². The van der Waals surface area contributed by atoms with E-state index >= 15 is 0 Å². The Bertz CT molecular complexity index is 591. The molecule has 2 fully saturated rings. The van der Waals surface area contributed by atoms with Crippen molar-refractivity contribution in [2.75, 3.05) is 19.6 Å². The van der Waals surface area contributed by atoms with Crippen LogP contribution in [0.3, 0.4) is 0 Å². The molecule has 126 valence electrons. The van der Waals surface area contributed by atoms with Crippen LogP contribution in [0.25, 0.3) is 0 Å². The second kappa shape index (κ2) is 6.03. The molecule has 1 aliphatic heterocycles. The summed E-state index contributed by atoms with van der Waals surface area (Å²) in [6, 6.07) is 6.33. The van der Waals surface area contributed by atoms with Crippen molar-refractivity contribution in [3.05, 3.63) is 29.8 Å². The molecular formula is C16H19F3N2O2. The van der Waals surface area contributed by atoms with Crippen LogP contribution in [0.2, 0.25) is 0 Å². The van der Waals surface area contributed by atoms with Gasteiger partial charge in [-0.25, -0.2) is 0 Å². The van der Waals surface area contributed by atoms with Crippen LogP contribution < -0.4 is 10.1 Å². The molecule has 1 amide bonds. The predicted molar refractivity (Wildman–Crippen MR) is 78.0 cm³/mol. The lowest BCUT2D eigenvalue weighted by atomic mass is 10.1. The zero-order chi connectivity index (χ0) is 16.6. The minimum Gasteiger partial charge on any atom is -0.405 e. The van der Waals surface area contributed by atoms with Crippen LogP contribution in [-0.4, -0.2) is 42.8 Å². The molecule has 3 rings (SSSR count). The lowest BCUT2D eigenvalue weighted by molar-refractivity contribution is -0.274. The summed E-state index contributed by atoms with van der Waals surface area (Å²) in [6.45, 7) is 4.05. The molecule has 0 spiro atoms. The van der Waals surface area contributed by atoms with E-state index in [1.807, 2.05) is 6.92 Å². The number of carbonyl (C=O) groups is 1. The molecule has 0 unspecified atom stereocenters. The quantitative estimate of drug-likeness (QED) is 0.927. The molecule has 1 aromatic carbocycles. The Morgan fingerprint density at radius 3 is 2.78 bits per heavy atom. The lowest BCUT2D eigenvalue weighted by Crippen LogP contribution is -2.51. The molecule has 2 aliphatic rings. The van der Waals surface area contributed by atoms with Gasteiger partial charge in [0.05, 0.1) is 0 Å². The van der Waals surface area contributed by atoms with Crippen molar-refractivity contribution in [2.45, 2.75) is 31.7 Å². The third-order valence-electron chi connectivity index (χ3n) is 4.33. The van der Waals surface area contributed by atoms with Crippen LogP contribution in [0.4, 0.5) is 13.2 Å². The zero-order valence-corrected chi connectivity index (χ0v) is 12.8.